The summed E-state index contributed by atoms with van der Waals surface area (Å²) in [6.45, 7) is 11.1. The number of hydrogen-bond acceptors (Lipinski definition) is 1. The van der Waals surface area contributed by atoms with Crippen LogP contribution >= 0.6 is 0 Å². The Kier molecular flexibility index (Phi) is 2.98. The smallest absolute Gasteiger partial charge is 0.0233 e. The van der Waals surface area contributed by atoms with Crippen LogP contribution in [0.3, 0.4) is 0 Å². The predicted molar refractivity (Wildman–Crippen MR) is 63.5 cm³/mol. The lowest BCUT2D eigenvalue weighted by atomic mass is 9.76. The molecule has 0 fully saturated rings. The van der Waals surface area contributed by atoms with Crippen LogP contribution in [0.25, 0.3) is 0 Å². The van der Waals surface area contributed by atoms with Crippen LogP contribution in [0.15, 0.2) is 29.4 Å². The van der Waals surface area contributed by atoms with Gasteiger partial charge >= 0.3 is 0 Å². The maximum absolute atomic E-state index is 4.30. The van der Waals surface area contributed by atoms with E-state index in [1.54, 1.807) is 0 Å². The fraction of sp³-hybridized carbons (Fsp3) is 0.615. The van der Waals surface area contributed by atoms with Gasteiger partial charge in [-0.05, 0) is 5.92 Å². The van der Waals surface area contributed by atoms with Crippen molar-refractivity contribution < 1.29 is 0 Å². The average molecular weight is 191 g/mol. The van der Waals surface area contributed by atoms with Gasteiger partial charge in [-0.25, -0.2) is 0 Å². The van der Waals surface area contributed by atoms with Crippen LogP contribution in [0.2, 0.25) is 0 Å². The maximum Gasteiger partial charge on any atom is 0.0233 e. The van der Waals surface area contributed by atoms with Crippen molar-refractivity contribution in [2.45, 2.75) is 34.6 Å². The van der Waals surface area contributed by atoms with E-state index in [2.05, 4.69) is 57.8 Å². The van der Waals surface area contributed by atoms with Gasteiger partial charge in [-0.2, -0.15) is 0 Å². The molecule has 0 aromatic rings. The van der Waals surface area contributed by atoms with Crippen LogP contribution in [-0.4, -0.2) is 6.21 Å². The average Bonchev–Trinajstić information content (AvgIpc) is 2.07. The first kappa shape index (κ1) is 11.2. The molecule has 1 heteroatoms. The minimum absolute atomic E-state index is 0.0703. The van der Waals surface area contributed by atoms with Crippen molar-refractivity contribution >= 4 is 6.21 Å². The summed E-state index contributed by atoms with van der Waals surface area (Å²) in [7, 11) is 0. The molecule has 0 amide bonds. The Hall–Kier alpha value is -0.850. The third-order valence-electron chi connectivity index (χ3n) is 3.04. The molecule has 0 N–H and O–H groups in total. The van der Waals surface area contributed by atoms with Gasteiger partial charge in [-0.3, -0.25) is 4.99 Å². The summed E-state index contributed by atoms with van der Waals surface area (Å²) < 4.78 is 0. The van der Waals surface area contributed by atoms with E-state index >= 15 is 0 Å². The van der Waals surface area contributed by atoms with Gasteiger partial charge in [0.05, 0.1) is 0 Å². The van der Waals surface area contributed by atoms with Crippen LogP contribution < -0.4 is 0 Å². The first-order valence-electron chi connectivity index (χ1n) is 5.28. The number of rotatable bonds is 1. The largest absolute Gasteiger partial charge is 0.268 e. The van der Waals surface area contributed by atoms with Crippen LogP contribution in [-0.2, 0) is 0 Å². The maximum atomic E-state index is 4.30. The van der Waals surface area contributed by atoms with Crippen molar-refractivity contribution in [1.29, 1.82) is 0 Å². The Morgan fingerprint density at radius 2 is 1.64 bits per heavy atom. The van der Waals surface area contributed by atoms with E-state index in [9.17, 15) is 0 Å². The van der Waals surface area contributed by atoms with Gasteiger partial charge in [-0.15, -0.1) is 0 Å². The fourth-order valence-corrected chi connectivity index (χ4v) is 1.32. The lowest BCUT2D eigenvalue weighted by Crippen LogP contribution is -2.20. The summed E-state index contributed by atoms with van der Waals surface area (Å²) in [5.74, 6) is 0.596. The summed E-state index contributed by atoms with van der Waals surface area (Å²) in [6, 6.07) is 0. The SMILES string of the molecule is CC(C)C1(C)/C=C\N=CC(C)(C)/C=C\1. The van der Waals surface area contributed by atoms with Crippen LogP contribution in [0, 0.1) is 16.7 Å². The molecule has 78 valence electrons. The molecule has 14 heavy (non-hydrogen) atoms. The second kappa shape index (κ2) is 3.72. The van der Waals surface area contributed by atoms with Gasteiger partial charge in [0.1, 0.15) is 0 Å². The van der Waals surface area contributed by atoms with Gasteiger partial charge in [0.15, 0.2) is 0 Å². The molecular weight excluding hydrogens is 170 g/mol. The zero-order valence-electron chi connectivity index (χ0n) is 9.91. The Balaban J connectivity index is 3.04. The third-order valence-corrected chi connectivity index (χ3v) is 3.04. The molecule has 1 aliphatic rings. The minimum atomic E-state index is 0.0703. The molecular formula is C13H21N. The highest BCUT2D eigenvalue weighted by molar-refractivity contribution is 5.68. The number of hydrogen-bond donors (Lipinski definition) is 0. The molecule has 0 bridgehead atoms. The van der Waals surface area contributed by atoms with Crippen LogP contribution in [0.4, 0.5) is 0 Å². The molecule has 1 nitrogen and oxygen atoms in total. The van der Waals surface area contributed by atoms with Crippen LogP contribution in [0.5, 0.6) is 0 Å². The zero-order chi connectivity index (χ0) is 10.8. The molecule has 1 unspecified atom stereocenters. The molecule has 0 radical (unpaired) electrons. The number of aliphatic imine (C=N–C) groups is 1. The highest BCUT2D eigenvalue weighted by Crippen LogP contribution is 2.33. The van der Waals surface area contributed by atoms with Crippen molar-refractivity contribution in [3.63, 3.8) is 0 Å². The molecule has 0 saturated heterocycles. The van der Waals surface area contributed by atoms with E-state index in [4.69, 9.17) is 0 Å². The van der Waals surface area contributed by atoms with Crippen molar-refractivity contribution in [3.05, 3.63) is 24.4 Å². The van der Waals surface area contributed by atoms with Crippen molar-refractivity contribution in [3.8, 4) is 0 Å². The summed E-state index contributed by atoms with van der Waals surface area (Å²) >= 11 is 0. The van der Waals surface area contributed by atoms with Gasteiger partial charge in [0, 0.05) is 23.2 Å². The van der Waals surface area contributed by atoms with Gasteiger partial charge in [0.25, 0.3) is 0 Å². The highest BCUT2D eigenvalue weighted by atomic mass is 14.7. The molecule has 1 atom stereocenters. The Labute approximate surface area is 87.6 Å². The lowest BCUT2D eigenvalue weighted by molar-refractivity contribution is 0.379. The third kappa shape index (κ3) is 2.57. The summed E-state index contributed by atoms with van der Waals surface area (Å²) in [5.41, 5.74) is 0.204. The minimum Gasteiger partial charge on any atom is -0.268 e. The van der Waals surface area contributed by atoms with E-state index in [0.717, 1.165) is 0 Å². The molecule has 1 rings (SSSR count). The summed E-state index contributed by atoms with van der Waals surface area (Å²) in [5, 5.41) is 0. The summed E-state index contributed by atoms with van der Waals surface area (Å²) in [4.78, 5) is 4.30. The predicted octanol–water partition coefficient (Wildman–Crippen LogP) is 3.83. The number of nitrogens with zero attached hydrogens (tertiary/aromatic N) is 1. The van der Waals surface area contributed by atoms with E-state index in [0.29, 0.717) is 5.92 Å². The Bertz CT molecular complexity index is 282. The molecule has 0 aliphatic carbocycles. The Morgan fingerprint density at radius 1 is 1.00 bits per heavy atom. The molecule has 1 aliphatic heterocycles. The van der Waals surface area contributed by atoms with E-state index in [1.807, 2.05) is 12.4 Å². The van der Waals surface area contributed by atoms with E-state index in [1.165, 1.54) is 0 Å². The first-order valence-corrected chi connectivity index (χ1v) is 5.28. The fourth-order valence-electron chi connectivity index (χ4n) is 1.32. The number of allylic oxidation sites excluding steroid dienone is 3. The second-order valence-corrected chi connectivity index (χ2v) is 5.27. The van der Waals surface area contributed by atoms with Gasteiger partial charge in [0.2, 0.25) is 0 Å². The van der Waals surface area contributed by atoms with Crippen molar-refractivity contribution in [2.75, 3.05) is 0 Å². The van der Waals surface area contributed by atoms with Crippen molar-refractivity contribution in [1.82, 2.24) is 0 Å². The van der Waals surface area contributed by atoms with Gasteiger partial charge < -0.3 is 0 Å². The molecule has 0 aromatic carbocycles. The molecule has 1 heterocycles. The molecule has 0 saturated carbocycles. The lowest BCUT2D eigenvalue weighted by Gasteiger charge is -2.29. The first-order chi connectivity index (χ1) is 6.36. The standard InChI is InChI=1S/C13H21N/c1-11(2)13(5)7-6-12(3,4)10-14-9-8-13/h6-11H,1-5H3/b7-6-,9-8-,14-10?. The Morgan fingerprint density at radius 3 is 2.21 bits per heavy atom. The quantitative estimate of drug-likeness (QED) is 0.559. The van der Waals surface area contributed by atoms with E-state index < -0.39 is 0 Å². The molecule has 0 aromatic heterocycles. The second-order valence-electron chi connectivity index (χ2n) is 5.27. The topological polar surface area (TPSA) is 12.4 Å². The van der Waals surface area contributed by atoms with Gasteiger partial charge in [-0.1, -0.05) is 52.8 Å². The zero-order valence-corrected chi connectivity index (χ0v) is 9.91. The highest BCUT2D eigenvalue weighted by Gasteiger charge is 2.24. The van der Waals surface area contributed by atoms with Crippen molar-refractivity contribution in [2.24, 2.45) is 21.7 Å². The summed E-state index contributed by atoms with van der Waals surface area (Å²) in [6.07, 6.45) is 10.6. The van der Waals surface area contributed by atoms with Crippen LogP contribution in [0.1, 0.15) is 34.6 Å². The monoisotopic (exact) mass is 191 g/mol. The normalized spacial score (nSPS) is 35.0. The van der Waals surface area contributed by atoms with E-state index in [-0.39, 0.29) is 10.8 Å². The molecule has 0 spiro atoms.